The summed E-state index contributed by atoms with van der Waals surface area (Å²) in [6.45, 7) is 0.125. The number of nitrogens with one attached hydrogen (secondary N) is 2. The minimum Gasteiger partial charge on any atom is -0.467 e. The summed E-state index contributed by atoms with van der Waals surface area (Å²) in [5.74, 6) is -0.991. The third-order valence-corrected chi connectivity index (χ3v) is 6.13. The van der Waals surface area contributed by atoms with Gasteiger partial charge in [-0.1, -0.05) is 0 Å². The summed E-state index contributed by atoms with van der Waals surface area (Å²) in [5, 5.41) is 2.66. The van der Waals surface area contributed by atoms with Crippen LogP contribution in [0.2, 0.25) is 0 Å². The molecule has 3 rings (SSSR count). The quantitative estimate of drug-likeness (QED) is 0.555. The van der Waals surface area contributed by atoms with Gasteiger partial charge in [0.2, 0.25) is 21.8 Å². The molecule has 11 heteroatoms. The molecule has 1 atom stereocenters. The highest BCUT2D eigenvalue weighted by Gasteiger charge is 2.25. The van der Waals surface area contributed by atoms with E-state index in [2.05, 4.69) is 10.0 Å². The molecule has 9 nitrogen and oxygen atoms in total. The van der Waals surface area contributed by atoms with Gasteiger partial charge in [-0.2, -0.15) is 0 Å². The molecule has 1 aliphatic rings. The molecule has 0 bridgehead atoms. The Hall–Kier alpha value is -2.76. The van der Waals surface area contributed by atoms with Gasteiger partial charge in [-0.15, -0.1) is 0 Å². The van der Waals surface area contributed by atoms with Gasteiger partial charge in [0.05, 0.1) is 36.9 Å². The van der Waals surface area contributed by atoms with Gasteiger partial charge in [-0.05, 0) is 49.2 Å². The van der Waals surface area contributed by atoms with Crippen LogP contribution >= 0.6 is 0 Å². The molecule has 168 valence electrons. The molecule has 1 aromatic carbocycles. The molecule has 1 fully saturated rings. The molecule has 0 radical (unpaired) electrons. The lowest BCUT2D eigenvalue weighted by atomic mass is 10.2. The molecular formula is C20H24FN3O6S. The fourth-order valence-electron chi connectivity index (χ4n) is 3.08. The highest BCUT2D eigenvalue weighted by atomic mass is 32.2. The molecule has 2 amide bonds. The fourth-order valence-corrected chi connectivity index (χ4v) is 4.06. The summed E-state index contributed by atoms with van der Waals surface area (Å²) in [6.07, 6.45) is 2.88. The van der Waals surface area contributed by atoms with Gasteiger partial charge >= 0.3 is 0 Å². The van der Waals surface area contributed by atoms with Crippen LogP contribution in [0.3, 0.4) is 0 Å². The summed E-state index contributed by atoms with van der Waals surface area (Å²) >= 11 is 0. The third kappa shape index (κ3) is 6.88. The zero-order valence-electron chi connectivity index (χ0n) is 16.8. The maximum atomic E-state index is 13.0. The van der Waals surface area contributed by atoms with E-state index < -0.39 is 34.2 Å². The van der Waals surface area contributed by atoms with Gasteiger partial charge in [0.1, 0.15) is 11.6 Å². The number of carbonyl (C=O) groups is 2. The lowest BCUT2D eigenvalue weighted by Gasteiger charge is -2.25. The first kappa shape index (κ1) is 22.9. The Morgan fingerprint density at radius 2 is 1.97 bits per heavy atom. The normalized spacial score (nSPS) is 16.2. The zero-order valence-corrected chi connectivity index (χ0v) is 17.6. The highest BCUT2D eigenvalue weighted by molar-refractivity contribution is 7.89. The predicted octanol–water partition coefficient (Wildman–Crippen LogP) is 1.02. The van der Waals surface area contributed by atoms with Crippen LogP contribution in [0.4, 0.5) is 4.39 Å². The van der Waals surface area contributed by atoms with Crippen LogP contribution in [-0.4, -0.2) is 57.5 Å². The summed E-state index contributed by atoms with van der Waals surface area (Å²) < 4.78 is 50.6. The van der Waals surface area contributed by atoms with Crippen molar-refractivity contribution in [3.63, 3.8) is 0 Å². The number of carbonyl (C=O) groups excluding carboxylic acids is 2. The summed E-state index contributed by atoms with van der Waals surface area (Å²) in [4.78, 5) is 26.1. The summed E-state index contributed by atoms with van der Waals surface area (Å²) in [5.41, 5.74) is 0. The first-order valence-corrected chi connectivity index (χ1v) is 11.3. The van der Waals surface area contributed by atoms with Crippen molar-refractivity contribution in [1.29, 1.82) is 0 Å². The summed E-state index contributed by atoms with van der Waals surface area (Å²) in [7, 11) is -4.01. The first-order valence-electron chi connectivity index (χ1n) is 9.77. The maximum absolute atomic E-state index is 13.0. The maximum Gasteiger partial charge on any atom is 0.241 e. The number of hydrogen-bond acceptors (Lipinski definition) is 6. The van der Waals surface area contributed by atoms with E-state index in [-0.39, 0.29) is 30.6 Å². The average molecular weight is 453 g/mol. The lowest BCUT2D eigenvalue weighted by Crippen LogP contribution is -2.47. The SMILES string of the molecule is O=C(CN(C[C@H]1CCCO1)C(=O)CNS(=O)(=O)c1ccc(F)cc1)NCc1ccco1. The monoisotopic (exact) mass is 453 g/mol. The zero-order chi connectivity index (χ0) is 22.3. The lowest BCUT2D eigenvalue weighted by molar-refractivity contribution is -0.136. The molecule has 2 aromatic rings. The Morgan fingerprint density at radius 1 is 1.19 bits per heavy atom. The van der Waals surface area contributed by atoms with Crippen molar-refractivity contribution in [2.24, 2.45) is 0 Å². The van der Waals surface area contributed by atoms with Crippen LogP contribution in [0.25, 0.3) is 0 Å². The van der Waals surface area contributed by atoms with Crippen molar-refractivity contribution in [3.05, 3.63) is 54.2 Å². The fraction of sp³-hybridized carbons (Fsp3) is 0.400. The molecule has 2 N–H and O–H groups in total. The minimum atomic E-state index is -4.01. The standard InChI is InChI=1S/C20H24FN3O6S/c21-15-5-7-18(8-6-15)31(27,28)23-12-20(26)24(13-17-4-2-10-30-17)14-19(25)22-11-16-3-1-9-29-16/h1,3,5-9,17,23H,2,4,10-14H2,(H,22,25)/t17-/m1/s1. The Kier molecular flexibility index (Phi) is 7.77. The Balaban J connectivity index is 1.59. The molecule has 0 spiro atoms. The van der Waals surface area contributed by atoms with Gasteiger partial charge in [0.15, 0.2) is 0 Å². The van der Waals surface area contributed by atoms with E-state index in [1.54, 1.807) is 12.1 Å². The van der Waals surface area contributed by atoms with Gasteiger partial charge in [0.25, 0.3) is 0 Å². The van der Waals surface area contributed by atoms with E-state index in [0.717, 1.165) is 37.1 Å². The number of amides is 2. The summed E-state index contributed by atoms with van der Waals surface area (Å²) in [6, 6.07) is 7.65. The highest BCUT2D eigenvalue weighted by Crippen LogP contribution is 2.14. The van der Waals surface area contributed by atoms with Gasteiger partial charge in [-0.25, -0.2) is 17.5 Å². The minimum absolute atomic E-state index is 0.163. The number of sulfonamides is 1. The Bertz CT molecular complexity index is 973. The second-order valence-electron chi connectivity index (χ2n) is 7.04. The van der Waals surface area contributed by atoms with E-state index in [1.807, 2.05) is 0 Å². The van der Waals surface area contributed by atoms with Crippen molar-refractivity contribution >= 4 is 21.8 Å². The van der Waals surface area contributed by atoms with Gasteiger partial charge in [-0.3, -0.25) is 9.59 Å². The van der Waals surface area contributed by atoms with Crippen molar-refractivity contribution in [1.82, 2.24) is 14.9 Å². The van der Waals surface area contributed by atoms with Crippen LogP contribution in [0, 0.1) is 5.82 Å². The number of nitrogens with zero attached hydrogens (tertiary/aromatic N) is 1. The molecule has 0 saturated carbocycles. The molecule has 2 heterocycles. The van der Waals surface area contributed by atoms with Crippen molar-refractivity contribution in [2.45, 2.75) is 30.4 Å². The number of ether oxygens (including phenoxy) is 1. The molecular weight excluding hydrogens is 429 g/mol. The average Bonchev–Trinajstić information content (AvgIpc) is 3.44. The number of halogens is 1. The number of rotatable bonds is 10. The number of furan rings is 1. The largest absolute Gasteiger partial charge is 0.467 e. The second-order valence-corrected chi connectivity index (χ2v) is 8.81. The van der Waals surface area contributed by atoms with Crippen LogP contribution in [-0.2, 0) is 30.9 Å². The van der Waals surface area contributed by atoms with E-state index in [0.29, 0.717) is 12.4 Å². The van der Waals surface area contributed by atoms with E-state index in [4.69, 9.17) is 9.15 Å². The second kappa shape index (κ2) is 10.5. The van der Waals surface area contributed by atoms with Gasteiger partial charge < -0.3 is 19.4 Å². The molecule has 1 aromatic heterocycles. The van der Waals surface area contributed by atoms with E-state index >= 15 is 0 Å². The predicted molar refractivity (Wildman–Crippen MR) is 108 cm³/mol. The Morgan fingerprint density at radius 3 is 2.61 bits per heavy atom. The van der Waals surface area contributed by atoms with E-state index in [1.165, 1.54) is 11.2 Å². The van der Waals surface area contributed by atoms with E-state index in [9.17, 15) is 22.4 Å². The third-order valence-electron chi connectivity index (χ3n) is 4.71. The van der Waals surface area contributed by atoms with Crippen molar-refractivity contribution in [3.8, 4) is 0 Å². The van der Waals surface area contributed by atoms with Crippen LogP contribution in [0.1, 0.15) is 18.6 Å². The van der Waals surface area contributed by atoms with Crippen molar-refractivity contribution < 1.29 is 31.6 Å². The molecule has 1 aliphatic heterocycles. The molecule has 1 saturated heterocycles. The molecule has 31 heavy (non-hydrogen) atoms. The van der Waals surface area contributed by atoms with Crippen LogP contribution < -0.4 is 10.0 Å². The number of benzene rings is 1. The first-order chi connectivity index (χ1) is 14.8. The molecule has 0 unspecified atom stereocenters. The van der Waals surface area contributed by atoms with Crippen LogP contribution in [0.5, 0.6) is 0 Å². The Labute approximate surface area is 179 Å². The topological polar surface area (TPSA) is 118 Å². The smallest absolute Gasteiger partial charge is 0.241 e. The molecule has 0 aliphatic carbocycles. The van der Waals surface area contributed by atoms with Crippen LogP contribution in [0.15, 0.2) is 52.0 Å². The number of hydrogen-bond donors (Lipinski definition) is 2. The van der Waals surface area contributed by atoms with Gasteiger partial charge in [0, 0.05) is 13.2 Å². The van der Waals surface area contributed by atoms with Crippen molar-refractivity contribution in [2.75, 3.05) is 26.2 Å².